The Labute approximate surface area is 491 Å². The van der Waals surface area contributed by atoms with E-state index >= 15 is 0 Å². The summed E-state index contributed by atoms with van der Waals surface area (Å²) < 4.78 is 0. The molecule has 5 heteroatoms. The SMILES string of the molecule is C[Si](C)(C)CC12C3=C4C5C6=C3C3(C[Si](C)(C)C)c7c1c1c8c2c2c9c%10c(c%11c%12c%13c(c%14c%15c%16c(c3c3c7c7c1c1c%17c8c9c8c9c%10c%12c%10c%12c%13c%15c%13c%15c%16c3c3c7c1c1c(c%178)c(c9%10)c(c%13%12)c1c3%15)C6%14C[Si](C)(C)C)C%115C[Si](C)(C)C)C42C[Si](C)(C)C. The molecule has 4 atom stereocenters. The Morgan fingerprint density at radius 1 is 0.188 bits per heavy atom. The topological polar surface area (TPSA) is 0 Å². The van der Waals surface area contributed by atoms with Crippen molar-refractivity contribution in [1.29, 1.82) is 0 Å². The lowest BCUT2D eigenvalue weighted by Gasteiger charge is -2.62. The molecule has 21 aromatic rings. The van der Waals surface area contributed by atoms with Crippen molar-refractivity contribution >= 4 is 256 Å². The van der Waals surface area contributed by atoms with Crippen LogP contribution in [-0.4, -0.2) is 40.4 Å². The van der Waals surface area contributed by atoms with E-state index in [2.05, 4.69) is 120 Å². The third kappa shape index (κ3) is 2.63. The third-order valence-corrected chi connectivity index (χ3v) is 37.4. The van der Waals surface area contributed by atoms with Crippen LogP contribution >= 0.6 is 0 Å². The zero-order chi connectivity index (χ0) is 55.3. The molecule has 11 aliphatic rings. The van der Waals surface area contributed by atoms with E-state index in [4.69, 9.17) is 0 Å². The molecule has 0 N–H and O–H groups in total. The predicted molar refractivity (Wildman–Crippen MR) is 380 cm³/mol. The van der Waals surface area contributed by atoms with E-state index in [1.165, 1.54) is 30.2 Å². The van der Waals surface area contributed by atoms with Crippen LogP contribution in [0.25, 0.3) is 215 Å². The van der Waals surface area contributed by atoms with Crippen LogP contribution in [0.5, 0.6) is 0 Å². The number of allylic oxidation sites excluding steroid dienone is 4. The molecular weight excluding hydrogens is 1100 g/mol. The molecule has 396 valence electrons. The Morgan fingerprint density at radius 2 is 0.341 bits per heavy atom. The second-order valence-electron chi connectivity index (χ2n) is 39.0. The van der Waals surface area contributed by atoms with Crippen LogP contribution in [0.2, 0.25) is 128 Å². The van der Waals surface area contributed by atoms with Crippen molar-refractivity contribution in [2.45, 2.75) is 156 Å². The summed E-state index contributed by atoms with van der Waals surface area (Å²) in [5, 5.41) is 71.0. The van der Waals surface area contributed by atoms with Gasteiger partial charge in [0.1, 0.15) is 0 Å². The van der Waals surface area contributed by atoms with E-state index in [1.807, 2.05) is 109 Å². The highest BCUT2D eigenvalue weighted by Crippen LogP contribution is 2.93. The molecule has 0 aliphatic heterocycles. The van der Waals surface area contributed by atoms with Gasteiger partial charge in [0.15, 0.2) is 0 Å². The first-order valence-electron chi connectivity index (χ1n) is 33.7. The van der Waals surface area contributed by atoms with E-state index in [1.54, 1.807) is 162 Å². The Bertz CT molecular complexity index is 6920. The Balaban J connectivity index is 1.11. The lowest BCUT2D eigenvalue weighted by Crippen LogP contribution is -2.59. The maximum absolute atomic E-state index is 2.87. The van der Waals surface area contributed by atoms with Gasteiger partial charge in [-0.3, -0.25) is 0 Å². The first kappa shape index (κ1) is 40.5. The Hall–Kier alpha value is -5.94. The lowest BCUT2D eigenvalue weighted by atomic mass is 9.43. The maximum Gasteiger partial charge on any atom is 0.0458 e. The van der Waals surface area contributed by atoms with Crippen molar-refractivity contribution in [3.05, 3.63) is 77.9 Å². The largest absolute Gasteiger partial charge is 0.0695 e. The van der Waals surface area contributed by atoms with Crippen LogP contribution in [0, 0.1) is 5.92 Å². The van der Waals surface area contributed by atoms with Gasteiger partial charge in [-0.05, 0) is 324 Å². The molecule has 0 heterocycles. The van der Waals surface area contributed by atoms with E-state index in [-0.39, 0.29) is 27.1 Å². The van der Waals surface area contributed by atoms with Gasteiger partial charge in [-0.15, -0.1) is 0 Å². The first-order chi connectivity index (χ1) is 40.4. The molecule has 0 radical (unpaired) electrons. The number of hydrogen-bond acceptors (Lipinski definition) is 0. The van der Waals surface area contributed by atoms with Gasteiger partial charge in [-0.1, -0.05) is 98.2 Å². The quantitative estimate of drug-likeness (QED) is 0.0946. The Kier molecular flexibility index (Phi) is 4.40. The smallest absolute Gasteiger partial charge is 0.0458 e. The van der Waals surface area contributed by atoms with Crippen LogP contribution in [0.4, 0.5) is 0 Å². The van der Waals surface area contributed by atoms with Crippen molar-refractivity contribution in [3.8, 4) is 0 Å². The molecule has 11 aliphatic carbocycles. The van der Waals surface area contributed by atoms with Crippen molar-refractivity contribution in [1.82, 2.24) is 0 Å². The summed E-state index contributed by atoms with van der Waals surface area (Å²) in [5.74, 6) is 0.393. The van der Waals surface area contributed by atoms with Gasteiger partial charge in [-0.2, -0.15) is 0 Å². The number of rotatable bonds is 10. The molecule has 0 aromatic heterocycles. The van der Waals surface area contributed by atoms with E-state index in [9.17, 15) is 0 Å². The minimum absolute atomic E-state index is 0.103. The number of hydrogen-bond donors (Lipinski definition) is 0. The van der Waals surface area contributed by atoms with Gasteiger partial charge in [0, 0.05) is 73.4 Å². The summed E-state index contributed by atoms with van der Waals surface area (Å²) in [6.45, 7) is 42.9. The molecule has 32 rings (SSSR count). The van der Waals surface area contributed by atoms with Crippen molar-refractivity contribution in [3.63, 3.8) is 0 Å². The second kappa shape index (κ2) is 9.23. The summed E-state index contributed by atoms with van der Waals surface area (Å²) in [6.07, 6.45) is 0. The van der Waals surface area contributed by atoms with Gasteiger partial charge in [0.25, 0.3) is 0 Å². The van der Waals surface area contributed by atoms with Crippen LogP contribution < -0.4 is 0 Å². The molecule has 4 unspecified atom stereocenters. The molecule has 0 saturated carbocycles. The van der Waals surface area contributed by atoms with Gasteiger partial charge >= 0.3 is 0 Å². The maximum atomic E-state index is 2.87. The summed E-state index contributed by atoms with van der Waals surface area (Å²) >= 11 is 0. The molecule has 0 nitrogen and oxygen atoms in total. The molecule has 85 heavy (non-hydrogen) atoms. The highest BCUT2D eigenvalue weighted by atomic mass is 28.3. The summed E-state index contributed by atoms with van der Waals surface area (Å²) in [5.41, 5.74) is 27.2. The van der Waals surface area contributed by atoms with Crippen LogP contribution in [0.3, 0.4) is 0 Å². The number of benzene rings is 15. The normalized spacial score (nSPS) is 28.9. The standard InChI is InChI=1S/C80H56Si5/c1-81(2,3)16-76-61-51-41-31-26-21-22-24-25-23(21)28-35-33(26)43(41)53-55-45(35)47-37(28)39-30(25)40-38-29(24)36-34-27(22)32(31)42-44(34)54-56-46(36)48(38)58-60-50(40)49(39)59-57(47)67-65(55)77(63(53)61,17-82(4,5)6)72-71(76)73-75-74(72)79(67,19-84(10,11)12)69(59)70(60)80(75,20-85(13,14)15)68(58)66(56)78(73,18-83(7,8)9)64(54)62(76)52(42)51/h71H,16-20H2,1-15H3. The monoisotopic (exact) mass is 1160 g/mol. The zero-order valence-electron chi connectivity index (χ0n) is 51.1. The summed E-state index contributed by atoms with van der Waals surface area (Å²) in [7, 11) is -9.69. The molecule has 0 fully saturated rings. The van der Waals surface area contributed by atoms with Gasteiger partial charge in [0.2, 0.25) is 0 Å². The van der Waals surface area contributed by atoms with Crippen LogP contribution in [-0.2, 0) is 27.1 Å². The summed E-state index contributed by atoms with van der Waals surface area (Å²) in [6, 6.07) is 6.74. The average molecular weight is 1160 g/mol. The fourth-order valence-corrected chi connectivity index (χ4v) is 41.6. The molecule has 0 bridgehead atoms. The van der Waals surface area contributed by atoms with Gasteiger partial charge in [0.05, 0.1) is 0 Å². The predicted octanol–water partition coefficient (Wildman–Crippen LogP) is 22.6. The van der Waals surface area contributed by atoms with Crippen molar-refractivity contribution in [2.75, 3.05) is 0 Å². The average Bonchev–Trinajstić information content (AvgIpc) is 1.38. The molecular formula is C80H56Si5. The van der Waals surface area contributed by atoms with Gasteiger partial charge < -0.3 is 0 Å². The Morgan fingerprint density at radius 3 is 0.541 bits per heavy atom. The van der Waals surface area contributed by atoms with Gasteiger partial charge in [-0.25, -0.2) is 0 Å². The highest BCUT2D eigenvalue weighted by Gasteiger charge is 2.82. The lowest BCUT2D eigenvalue weighted by molar-refractivity contribution is 0.328. The molecule has 0 spiro atoms. The highest BCUT2D eigenvalue weighted by molar-refractivity contribution is 6.82. The molecule has 0 amide bonds. The second-order valence-corrected chi connectivity index (χ2v) is 66.4. The van der Waals surface area contributed by atoms with E-state index in [0.29, 0.717) is 5.92 Å². The third-order valence-electron chi connectivity index (χ3n) is 29.4. The zero-order valence-corrected chi connectivity index (χ0v) is 56.1. The van der Waals surface area contributed by atoms with Crippen molar-refractivity contribution in [2.24, 2.45) is 5.92 Å². The first-order valence-corrected chi connectivity index (χ1v) is 52.2. The fraction of sp³-hybridized carbons (Fsp3) is 0.325. The van der Waals surface area contributed by atoms with Crippen molar-refractivity contribution < 1.29 is 0 Å². The molecule has 0 saturated heterocycles. The van der Waals surface area contributed by atoms with Crippen LogP contribution in [0.1, 0.15) is 55.6 Å². The van der Waals surface area contributed by atoms with E-state index in [0.717, 1.165) is 0 Å². The minimum atomic E-state index is -1.94. The van der Waals surface area contributed by atoms with Crippen LogP contribution in [0.15, 0.2) is 22.3 Å². The molecule has 21 aromatic carbocycles. The van der Waals surface area contributed by atoms with E-state index < -0.39 is 40.4 Å². The fourth-order valence-electron chi connectivity index (χ4n) is 30.9. The summed E-state index contributed by atoms with van der Waals surface area (Å²) in [4.78, 5) is 0. The minimum Gasteiger partial charge on any atom is -0.0695 e.